The third-order valence-electron chi connectivity index (χ3n) is 5.77. The lowest BCUT2D eigenvalue weighted by molar-refractivity contribution is 0.340. The summed E-state index contributed by atoms with van der Waals surface area (Å²) in [5.41, 5.74) is 3.27. The number of aromatic nitrogens is 2. The Morgan fingerprint density at radius 3 is 2.57 bits per heavy atom. The van der Waals surface area contributed by atoms with Gasteiger partial charge in [0.2, 0.25) is 5.82 Å². The molecule has 0 saturated heterocycles. The maximum atomic E-state index is 13.4. The van der Waals surface area contributed by atoms with Crippen molar-refractivity contribution in [1.82, 2.24) is 20.4 Å². The summed E-state index contributed by atoms with van der Waals surface area (Å²) in [5, 5.41) is 8.13. The molecule has 1 atom stereocenters. The quantitative estimate of drug-likeness (QED) is 0.329. The summed E-state index contributed by atoms with van der Waals surface area (Å²) in [7, 11) is 0. The van der Waals surface area contributed by atoms with Gasteiger partial charge < -0.3 is 23.9 Å². The Balaban J connectivity index is 1.57. The molecule has 7 nitrogen and oxygen atoms in total. The number of rotatable bonds is 7. The number of furan rings is 1. The topological polar surface area (TPSA) is 76.6 Å². The van der Waals surface area contributed by atoms with Crippen LogP contribution in [0.1, 0.15) is 37.1 Å². The van der Waals surface area contributed by atoms with Gasteiger partial charge in [0.05, 0.1) is 31.0 Å². The van der Waals surface area contributed by atoms with E-state index in [0.29, 0.717) is 35.5 Å². The van der Waals surface area contributed by atoms with Crippen molar-refractivity contribution in [1.29, 1.82) is 0 Å². The van der Waals surface area contributed by atoms with Gasteiger partial charge in [-0.1, -0.05) is 17.3 Å². The zero-order valence-corrected chi connectivity index (χ0v) is 20.0. The predicted octanol–water partition coefficient (Wildman–Crippen LogP) is 5.73. The van der Waals surface area contributed by atoms with Gasteiger partial charge in [0.15, 0.2) is 5.11 Å². The maximum Gasteiger partial charge on any atom is 0.258 e. The minimum atomic E-state index is -0.329. The van der Waals surface area contributed by atoms with E-state index in [4.69, 9.17) is 25.9 Å². The second kappa shape index (κ2) is 9.71. The van der Waals surface area contributed by atoms with Gasteiger partial charge in [0.1, 0.15) is 17.3 Å². The number of thiocarbonyl (C=S) groups is 1. The van der Waals surface area contributed by atoms with E-state index in [1.807, 2.05) is 55.1 Å². The second-order valence-corrected chi connectivity index (χ2v) is 8.37. The Bertz CT molecular complexity index is 1350. The third-order valence-corrected chi connectivity index (χ3v) is 6.11. The highest BCUT2D eigenvalue weighted by Crippen LogP contribution is 2.38. The predicted molar refractivity (Wildman–Crippen MR) is 133 cm³/mol. The SMILES string of the molecule is CCOc1ccc(C2NC(=S)N(Cc3ccco3)C(C)=C2c2nc(-c3ccc(F)cc3)no2)cc1. The first-order valence-corrected chi connectivity index (χ1v) is 11.6. The molecule has 0 saturated carbocycles. The first-order chi connectivity index (χ1) is 17.0. The summed E-state index contributed by atoms with van der Waals surface area (Å²) in [6.45, 7) is 4.95. The zero-order chi connectivity index (χ0) is 24.4. The molecule has 0 radical (unpaired) electrons. The summed E-state index contributed by atoms with van der Waals surface area (Å²) in [5.74, 6) is 1.94. The molecular weight excluding hydrogens is 467 g/mol. The van der Waals surface area contributed by atoms with Gasteiger partial charge in [-0.2, -0.15) is 4.98 Å². The Morgan fingerprint density at radius 2 is 1.89 bits per heavy atom. The Kier molecular flexibility index (Phi) is 6.33. The number of allylic oxidation sites excluding steroid dienone is 1. The van der Waals surface area contributed by atoms with Gasteiger partial charge in [-0.25, -0.2) is 4.39 Å². The molecule has 1 aliphatic rings. The molecule has 0 spiro atoms. The van der Waals surface area contributed by atoms with Crippen LogP contribution in [0.25, 0.3) is 17.0 Å². The van der Waals surface area contributed by atoms with Crippen LogP contribution in [0.3, 0.4) is 0 Å². The molecule has 4 aromatic rings. The molecule has 0 aliphatic carbocycles. The monoisotopic (exact) mass is 490 g/mol. The molecule has 3 heterocycles. The molecule has 178 valence electrons. The lowest BCUT2D eigenvalue weighted by Gasteiger charge is -2.37. The summed E-state index contributed by atoms with van der Waals surface area (Å²) in [6, 6.07) is 17.2. The van der Waals surface area contributed by atoms with Gasteiger partial charge >= 0.3 is 0 Å². The van der Waals surface area contributed by atoms with Gasteiger partial charge in [-0.15, -0.1) is 0 Å². The molecule has 1 unspecified atom stereocenters. The molecule has 2 aromatic carbocycles. The van der Waals surface area contributed by atoms with Crippen molar-refractivity contribution in [2.24, 2.45) is 0 Å². The van der Waals surface area contributed by atoms with E-state index < -0.39 is 0 Å². The molecule has 9 heteroatoms. The number of benzene rings is 2. The summed E-state index contributed by atoms with van der Waals surface area (Å²) < 4.78 is 30.2. The van der Waals surface area contributed by atoms with Crippen LogP contribution < -0.4 is 10.1 Å². The van der Waals surface area contributed by atoms with E-state index in [2.05, 4.69) is 15.5 Å². The average molecular weight is 491 g/mol. The summed E-state index contributed by atoms with van der Waals surface area (Å²) in [6.07, 6.45) is 1.63. The molecular formula is C26H23FN4O3S. The fraction of sp³-hybridized carbons (Fsp3) is 0.192. The number of hydrogen-bond acceptors (Lipinski definition) is 6. The molecule has 0 bridgehead atoms. The standard InChI is InChI=1S/C26H23FN4O3S/c1-3-32-20-12-8-17(9-13-20)23-22(16(2)31(26(35)28-23)15-21-5-4-14-33-21)25-29-24(30-34-25)18-6-10-19(27)11-7-18/h4-14,23H,3,15H2,1-2H3,(H,28,35). The van der Waals surface area contributed by atoms with Crippen LogP contribution >= 0.6 is 12.2 Å². The van der Waals surface area contributed by atoms with Crippen molar-refractivity contribution in [3.8, 4) is 17.1 Å². The van der Waals surface area contributed by atoms with Crippen molar-refractivity contribution < 1.29 is 18.1 Å². The normalized spacial score (nSPS) is 15.9. The van der Waals surface area contributed by atoms with Crippen LogP contribution in [-0.4, -0.2) is 26.8 Å². The molecule has 35 heavy (non-hydrogen) atoms. The van der Waals surface area contributed by atoms with Crippen molar-refractivity contribution >= 4 is 22.9 Å². The van der Waals surface area contributed by atoms with Crippen molar-refractivity contribution in [2.75, 3.05) is 6.61 Å². The van der Waals surface area contributed by atoms with E-state index in [1.54, 1.807) is 18.4 Å². The highest BCUT2D eigenvalue weighted by molar-refractivity contribution is 7.80. The molecule has 1 aliphatic heterocycles. The number of halogens is 1. The van der Waals surface area contributed by atoms with Gasteiger partial charge in [-0.3, -0.25) is 0 Å². The van der Waals surface area contributed by atoms with E-state index in [-0.39, 0.29) is 11.9 Å². The number of nitrogens with one attached hydrogen (secondary N) is 1. The van der Waals surface area contributed by atoms with Crippen LogP contribution in [0, 0.1) is 5.82 Å². The number of hydrogen-bond donors (Lipinski definition) is 1. The van der Waals surface area contributed by atoms with Crippen molar-refractivity contribution in [3.05, 3.63) is 95.7 Å². The van der Waals surface area contributed by atoms with Gasteiger partial charge in [0, 0.05) is 11.3 Å². The minimum absolute atomic E-state index is 0.326. The maximum absolute atomic E-state index is 13.4. The number of nitrogens with zero attached hydrogens (tertiary/aromatic N) is 3. The largest absolute Gasteiger partial charge is 0.494 e. The Hall–Kier alpha value is -3.98. The van der Waals surface area contributed by atoms with Crippen LogP contribution in [0.5, 0.6) is 5.75 Å². The van der Waals surface area contributed by atoms with E-state index in [1.165, 1.54) is 12.1 Å². The van der Waals surface area contributed by atoms with Crippen molar-refractivity contribution in [2.45, 2.75) is 26.4 Å². The van der Waals surface area contributed by atoms with Crippen molar-refractivity contribution in [3.63, 3.8) is 0 Å². The van der Waals surface area contributed by atoms with Gasteiger partial charge in [0.25, 0.3) is 5.89 Å². The van der Waals surface area contributed by atoms with Crippen LogP contribution in [-0.2, 0) is 6.54 Å². The smallest absolute Gasteiger partial charge is 0.258 e. The number of ether oxygens (including phenoxy) is 1. The van der Waals surface area contributed by atoms with E-state index in [0.717, 1.165) is 28.3 Å². The first kappa shape index (κ1) is 22.8. The fourth-order valence-electron chi connectivity index (χ4n) is 4.03. The lowest BCUT2D eigenvalue weighted by atomic mass is 9.94. The van der Waals surface area contributed by atoms with Crippen LogP contribution in [0.4, 0.5) is 4.39 Å². The zero-order valence-electron chi connectivity index (χ0n) is 19.2. The van der Waals surface area contributed by atoms with E-state index in [9.17, 15) is 4.39 Å². The molecule has 1 N–H and O–H groups in total. The lowest BCUT2D eigenvalue weighted by Crippen LogP contribution is -2.45. The fourth-order valence-corrected chi connectivity index (χ4v) is 4.35. The molecule has 2 aromatic heterocycles. The Morgan fingerprint density at radius 1 is 1.11 bits per heavy atom. The van der Waals surface area contributed by atoms with Gasteiger partial charge in [-0.05, 0) is 80.2 Å². The minimum Gasteiger partial charge on any atom is -0.494 e. The highest BCUT2D eigenvalue weighted by Gasteiger charge is 2.34. The molecule has 0 amide bonds. The second-order valence-electron chi connectivity index (χ2n) is 7.98. The van der Waals surface area contributed by atoms with Crippen LogP contribution in [0.15, 0.2) is 81.6 Å². The summed E-state index contributed by atoms with van der Waals surface area (Å²) in [4.78, 5) is 6.59. The third kappa shape index (κ3) is 4.67. The van der Waals surface area contributed by atoms with E-state index >= 15 is 0 Å². The van der Waals surface area contributed by atoms with Crippen LogP contribution in [0.2, 0.25) is 0 Å². The summed E-state index contributed by atoms with van der Waals surface area (Å²) >= 11 is 5.73. The first-order valence-electron chi connectivity index (χ1n) is 11.2. The molecule has 5 rings (SSSR count). The molecule has 0 fully saturated rings. The average Bonchev–Trinajstić information content (AvgIpc) is 3.55. The Labute approximate surface area is 207 Å². The highest BCUT2D eigenvalue weighted by atomic mass is 32.1.